The van der Waals surface area contributed by atoms with Crippen LogP contribution in [-0.2, 0) is 10.8 Å². The zero-order valence-corrected chi connectivity index (χ0v) is 31.7. The van der Waals surface area contributed by atoms with E-state index in [-0.39, 0.29) is 10.8 Å². The number of benzene rings is 7. The van der Waals surface area contributed by atoms with Crippen LogP contribution in [0.2, 0.25) is 0 Å². The van der Waals surface area contributed by atoms with Gasteiger partial charge in [0.25, 0.3) is 0 Å². The van der Waals surface area contributed by atoms with E-state index in [1.54, 1.807) is 0 Å². The monoisotopic (exact) mass is 710 g/mol. The van der Waals surface area contributed by atoms with Gasteiger partial charge in [0.15, 0.2) is 17.5 Å². The second-order valence-corrected chi connectivity index (χ2v) is 16.4. The van der Waals surface area contributed by atoms with E-state index in [9.17, 15) is 0 Å². The van der Waals surface area contributed by atoms with Gasteiger partial charge in [0.1, 0.15) is 0 Å². The van der Waals surface area contributed by atoms with Gasteiger partial charge in [0.2, 0.25) is 0 Å². The summed E-state index contributed by atoms with van der Waals surface area (Å²) in [7, 11) is 0. The predicted octanol–water partition coefficient (Wildman–Crippen LogP) is 13.1. The Morgan fingerprint density at radius 2 is 0.891 bits per heavy atom. The van der Waals surface area contributed by atoms with E-state index in [4.69, 9.17) is 15.0 Å². The van der Waals surface area contributed by atoms with E-state index < -0.39 is 0 Å². The minimum Gasteiger partial charge on any atom is -0.309 e. The fraction of sp³-hybridized carbons (Fsp3) is 0.157. The summed E-state index contributed by atoms with van der Waals surface area (Å²) in [6, 6.07) is 56.2. The molecule has 0 fully saturated rings. The molecular formula is C51H42N4. The fourth-order valence-electron chi connectivity index (χ4n) is 8.66. The molecule has 10 rings (SSSR count). The van der Waals surface area contributed by atoms with E-state index in [0.717, 1.165) is 27.9 Å². The topological polar surface area (TPSA) is 43.6 Å². The number of nitrogens with zero attached hydrogens (tertiary/aromatic N) is 4. The first-order valence-electron chi connectivity index (χ1n) is 19.3. The Kier molecular flexibility index (Phi) is 7.60. The molecule has 2 heterocycles. The zero-order chi connectivity index (χ0) is 37.3. The van der Waals surface area contributed by atoms with Gasteiger partial charge in [-0.1, -0.05) is 149 Å². The molecule has 0 spiro atoms. The molecule has 4 heteroatoms. The fourth-order valence-corrected chi connectivity index (χ4v) is 8.66. The average Bonchev–Trinajstić information content (AvgIpc) is 3.57. The van der Waals surface area contributed by atoms with Gasteiger partial charge < -0.3 is 4.57 Å². The molecule has 0 N–H and O–H groups in total. The van der Waals surface area contributed by atoms with Crippen molar-refractivity contribution < 1.29 is 0 Å². The highest BCUT2D eigenvalue weighted by molar-refractivity contribution is 6.19. The Morgan fingerprint density at radius 3 is 1.51 bits per heavy atom. The van der Waals surface area contributed by atoms with Crippen LogP contribution in [0, 0.1) is 0 Å². The Balaban J connectivity index is 1.13. The molecule has 0 unspecified atom stereocenters. The third-order valence-corrected chi connectivity index (χ3v) is 11.9. The second kappa shape index (κ2) is 12.6. The third-order valence-electron chi connectivity index (χ3n) is 11.9. The Morgan fingerprint density at radius 1 is 0.418 bits per heavy atom. The lowest BCUT2D eigenvalue weighted by Crippen LogP contribution is -2.33. The first kappa shape index (κ1) is 33.2. The number of hydrogen-bond donors (Lipinski definition) is 0. The van der Waals surface area contributed by atoms with Crippen LogP contribution in [0.15, 0.2) is 158 Å². The maximum atomic E-state index is 5.08. The highest BCUT2D eigenvalue weighted by Crippen LogP contribution is 2.49. The van der Waals surface area contributed by atoms with Crippen molar-refractivity contribution in [3.05, 3.63) is 169 Å². The molecule has 0 radical (unpaired) electrons. The molecule has 4 nitrogen and oxygen atoms in total. The van der Waals surface area contributed by atoms with E-state index in [2.05, 4.69) is 166 Å². The highest BCUT2D eigenvalue weighted by atomic mass is 15.0. The van der Waals surface area contributed by atoms with Gasteiger partial charge in [-0.05, 0) is 87.7 Å². The van der Waals surface area contributed by atoms with Crippen LogP contribution in [0.3, 0.4) is 0 Å². The number of fused-ring (bicyclic) bond motifs is 6. The van der Waals surface area contributed by atoms with Gasteiger partial charge in [-0.15, -0.1) is 0 Å². The lowest BCUT2D eigenvalue weighted by atomic mass is 9.63. The van der Waals surface area contributed by atoms with Crippen molar-refractivity contribution in [2.75, 3.05) is 0 Å². The average molecular weight is 711 g/mol. The maximum Gasteiger partial charge on any atom is 0.164 e. The van der Waals surface area contributed by atoms with Crippen LogP contribution >= 0.6 is 0 Å². The smallest absolute Gasteiger partial charge is 0.164 e. The molecule has 2 aromatic heterocycles. The van der Waals surface area contributed by atoms with E-state index in [0.29, 0.717) is 17.5 Å². The van der Waals surface area contributed by atoms with Crippen molar-refractivity contribution in [1.29, 1.82) is 0 Å². The molecule has 7 aromatic carbocycles. The van der Waals surface area contributed by atoms with Crippen molar-refractivity contribution in [3.63, 3.8) is 0 Å². The molecule has 1 aliphatic rings. The molecule has 0 bridgehead atoms. The summed E-state index contributed by atoms with van der Waals surface area (Å²) in [5, 5.41) is 5.09. The quantitative estimate of drug-likeness (QED) is 0.179. The van der Waals surface area contributed by atoms with Crippen molar-refractivity contribution in [3.8, 4) is 51.0 Å². The second-order valence-electron chi connectivity index (χ2n) is 16.4. The summed E-state index contributed by atoms with van der Waals surface area (Å²) >= 11 is 0. The van der Waals surface area contributed by atoms with Gasteiger partial charge >= 0.3 is 0 Å². The minimum atomic E-state index is 0.0982. The van der Waals surface area contributed by atoms with E-state index in [1.165, 1.54) is 62.1 Å². The summed E-state index contributed by atoms with van der Waals surface area (Å²) < 4.78 is 2.48. The molecule has 9 aromatic rings. The molecule has 0 saturated carbocycles. The summed E-state index contributed by atoms with van der Waals surface area (Å²) in [6.07, 6.45) is 2.36. The number of aromatic nitrogens is 4. The van der Waals surface area contributed by atoms with Crippen molar-refractivity contribution in [2.24, 2.45) is 0 Å². The van der Waals surface area contributed by atoms with Crippen LogP contribution < -0.4 is 0 Å². The normalized spacial score (nSPS) is 14.7. The maximum absolute atomic E-state index is 5.08. The van der Waals surface area contributed by atoms with Crippen molar-refractivity contribution in [2.45, 2.75) is 51.4 Å². The van der Waals surface area contributed by atoms with Crippen molar-refractivity contribution >= 4 is 32.6 Å². The van der Waals surface area contributed by atoms with E-state index in [1.807, 2.05) is 24.3 Å². The minimum absolute atomic E-state index is 0.0982. The Bertz CT molecular complexity index is 2880. The SMILES string of the molecule is CC1(C)CCC(C)(C)c2cc3c(cc21)c1ccc2ccccc2c1n3-c1ccc(-c2nc(-c3ccccc3)nc(-c3ccc(-c4ccccc4)cc3)n2)cc1. The standard InChI is InChI=1S/C51H42N4/c1-50(2)29-30-51(3,4)44-32-45-42(31-43(44)50)41-28-25-35-15-11-12-18-40(35)46(41)55(45)39-26-23-38(24-27-39)49-53-47(36-16-9-6-10-17-36)52-48(54-49)37-21-19-34(20-22-37)33-13-7-5-8-14-33/h5-28,31-32H,29-30H2,1-4H3. The van der Waals surface area contributed by atoms with Crippen LogP contribution in [0.5, 0.6) is 0 Å². The van der Waals surface area contributed by atoms with Gasteiger partial charge in [0.05, 0.1) is 11.0 Å². The first-order valence-corrected chi connectivity index (χ1v) is 19.3. The highest BCUT2D eigenvalue weighted by Gasteiger charge is 2.38. The molecule has 0 amide bonds. The largest absolute Gasteiger partial charge is 0.309 e. The molecule has 55 heavy (non-hydrogen) atoms. The summed E-state index contributed by atoms with van der Waals surface area (Å²) in [4.78, 5) is 15.1. The molecule has 0 saturated heterocycles. The summed E-state index contributed by atoms with van der Waals surface area (Å²) in [6.45, 7) is 9.65. The zero-order valence-electron chi connectivity index (χ0n) is 31.7. The first-order chi connectivity index (χ1) is 26.7. The van der Waals surface area contributed by atoms with Crippen LogP contribution in [-0.4, -0.2) is 19.5 Å². The molecule has 266 valence electrons. The van der Waals surface area contributed by atoms with Crippen molar-refractivity contribution in [1.82, 2.24) is 19.5 Å². The lowest BCUT2D eigenvalue weighted by Gasteiger charge is -2.42. The van der Waals surface area contributed by atoms with Crippen LogP contribution in [0.4, 0.5) is 0 Å². The summed E-state index contributed by atoms with van der Waals surface area (Å²) in [5.41, 5.74) is 11.9. The Labute approximate surface area is 322 Å². The lowest BCUT2D eigenvalue weighted by molar-refractivity contribution is 0.332. The van der Waals surface area contributed by atoms with Crippen LogP contribution in [0.25, 0.3) is 83.6 Å². The van der Waals surface area contributed by atoms with Gasteiger partial charge in [-0.3, -0.25) is 0 Å². The van der Waals surface area contributed by atoms with Crippen LogP contribution in [0.1, 0.15) is 51.7 Å². The summed E-state index contributed by atoms with van der Waals surface area (Å²) in [5.74, 6) is 1.95. The van der Waals surface area contributed by atoms with Gasteiger partial charge in [0, 0.05) is 38.5 Å². The molecule has 0 aliphatic heterocycles. The number of hydrogen-bond acceptors (Lipinski definition) is 3. The third kappa shape index (κ3) is 5.63. The molecule has 1 aliphatic carbocycles. The molecule has 0 atom stereocenters. The number of rotatable bonds is 5. The van der Waals surface area contributed by atoms with E-state index >= 15 is 0 Å². The Hall–Kier alpha value is -6.39. The van der Waals surface area contributed by atoms with Gasteiger partial charge in [-0.2, -0.15) is 0 Å². The molecular weight excluding hydrogens is 669 g/mol. The predicted molar refractivity (Wildman–Crippen MR) is 229 cm³/mol. The van der Waals surface area contributed by atoms with Gasteiger partial charge in [-0.25, -0.2) is 15.0 Å².